The van der Waals surface area contributed by atoms with Gasteiger partial charge in [-0.3, -0.25) is 9.59 Å². The Labute approximate surface area is 193 Å². The number of aliphatic hydroxyl groups is 1. The third-order valence-corrected chi connectivity index (χ3v) is 6.46. The van der Waals surface area contributed by atoms with Crippen molar-refractivity contribution >= 4 is 35.0 Å². The molecule has 2 N–H and O–H groups in total. The molecular formula is C24H28Cl2N2O3. The van der Waals surface area contributed by atoms with Crippen LogP contribution in [0.2, 0.25) is 10.0 Å². The first-order valence-electron chi connectivity index (χ1n) is 10.4. The minimum Gasteiger partial charge on any atom is -0.391 e. The predicted octanol–water partition coefficient (Wildman–Crippen LogP) is 4.51. The smallest absolute Gasteiger partial charge is 0.252 e. The standard InChI is InChI=1S/C24H28Cl2N2O3/c1-15(29)21(27-22(30)17-6-10-19(26)11-7-17)23(31)28-13-12-20(24(2,3)14-28)16-4-8-18(25)9-5-16/h4-11,15,20-21,29H,12-14H2,1-3H3,(H,27,30)/t15?,20?,21-/m1/s1. The van der Waals surface area contributed by atoms with Crippen LogP contribution < -0.4 is 5.32 Å². The van der Waals surface area contributed by atoms with Gasteiger partial charge in [-0.1, -0.05) is 49.2 Å². The molecule has 2 aromatic rings. The molecule has 0 spiro atoms. The molecule has 0 bridgehead atoms. The molecule has 1 heterocycles. The van der Waals surface area contributed by atoms with E-state index in [0.717, 1.165) is 6.42 Å². The molecule has 166 valence electrons. The number of hydrogen-bond acceptors (Lipinski definition) is 3. The Hall–Kier alpha value is -2.08. The van der Waals surface area contributed by atoms with E-state index in [0.29, 0.717) is 28.7 Å². The Balaban J connectivity index is 1.72. The number of nitrogens with one attached hydrogen (secondary N) is 1. The number of carbonyl (C=O) groups excluding carboxylic acids is 2. The van der Waals surface area contributed by atoms with Crippen LogP contribution in [0.25, 0.3) is 0 Å². The Bertz CT molecular complexity index is 927. The zero-order valence-corrected chi connectivity index (χ0v) is 19.5. The zero-order chi connectivity index (χ0) is 22.8. The molecule has 3 atom stereocenters. The molecule has 2 unspecified atom stereocenters. The molecule has 2 amide bonds. The van der Waals surface area contributed by atoms with Gasteiger partial charge in [0.1, 0.15) is 6.04 Å². The molecule has 0 aromatic heterocycles. The van der Waals surface area contributed by atoms with Gasteiger partial charge in [0.05, 0.1) is 6.10 Å². The lowest BCUT2D eigenvalue weighted by Crippen LogP contribution is -2.57. The second-order valence-corrected chi connectivity index (χ2v) is 9.71. The van der Waals surface area contributed by atoms with Gasteiger partial charge in [0.25, 0.3) is 5.91 Å². The number of aliphatic hydroxyl groups excluding tert-OH is 1. The van der Waals surface area contributed by atoms with Crippen molar-refractivity contribution in [2.24, 2.45) is 5.41 Å². The summed E-state index contributed by atoms with van der Waals surface area (Å²) in [6.07, 6.45) is -0.237. The Kier molecular flexibility index (Phi) is 7.30. The molecule has 0 radical (unpaired) electrons. The number of halogens is 2. The van der Waals surface area contributed by atoms with Gasteiger partial charge >= 0.3 is 0 Å². The van der Waals surface area contributed by atoms with Gasteiger partial charge < -0.3 is 15.3 Å². The van der Waals surface area contributed by atoms with Crippen molar-refractivity contribution in [1.82, 2.24) is 10.2 Å². The van der Waals surface area contributed by atoms with E-state index in [1.54, 1.807) is 29.2 Å². The van der Waals surface area contributed by atoms with E-state index < -0.39 is 18.1 Å². The molecule has 1 saturated heterocycles. The quantitative estimate of drug-likeness (QED) is 0.686. The van der Waals surface area contributed by atoms with Gasteiger partial charge in [-0.25, -0.2) is 0 Å². The summed E-state index contributed by atoms with van der Waals surface area (Å²) in [7, 11) is 0. The van der Waals surface area contributed by atoms with Crippen LogP contribution >= 0.6 is 23.2 Å². The number of nitrogens with zero attached hydrogens (tertiary/aromatic N) is 1. The largest absolute Gasteiger partial charge is 0.391 e. The first kappa shape index (κ1) is 23.6. The van der Waals surface area contributed by atoms with Gasteiger partial charge in [-0.2, -0.15) is 0 Å². The number of carbonyl (C=O) groups is 2. The number of rotatable bonds is 5. The maximum absolute atomic E-state index is 13.2. The maximum Gasteiger partial charge on any atom is 0.252 e. The summed E-state index contributed by atoms with van der Waals surface area (Å²) in [6.45, 7) is 6.86. The van der Waals surface area contributed by atoms with Gasteiger partial charge in [-0.15, -0.1) is 0 Å². The van der Waals surface area contributed by atoms with E-state index in [1.165, 1.54) is 12.5 Å². The van der Waals surface area contributed by atoms with Crippen LogP contribution in [0.3, 0.4) is 0 Å². The van der Waals surface area contributed by atoms with Crippen molar-refractivity contribution in [3.05, 3.63) is 69.7 Å². The van der Waals surface area contributed by atoms with E-state index in [-0.39, 0.29) is 17.2 Å². The summed E-state index contributed by atoms with van der Waals surface area (Å²) in [5.41, 5.74) is 1.40. The second-order valence-electron chi connectivity index (χ2n) is 8.84. The first-order valence-corrected chi connectivity index (χ1v) is 11.1. The number of piperidine rings is 1. The maximum atomic E-state index is 13.2. The minimum absolute atomic E-state index is 0.175. The normalized spacial score (nSPS) is 20.1. The molecule has 3 rings (SSSR count). The monoisotopic (exact) mass is 462 g/mol. The van der Waals surface area contributed by atoms with Crippen molar-refractivity contribution in [2.75, 3.05) is 13.1 Å². The van der Waals surface area contributed by atoms with Gasteiger partial charge in [0, 0.05) is 28.7 Å². The Morgan fingerprint density at radius 2 is 1.61 bits per heavy atom. The van der Waals surface area contributed by atoms with Crippen molar-refractivity contribution in [3.63, 3.8) is 0 Å². The Morgan fingerprint density at radius 1 is 1.06 bits per heavy atom. The summed E-state index contributed by atoms with van der Waals surface area (Å²) in [6, 6.07) is 13.2. The first-order chi connectivity index (χ1) is 14.6. The van der Waals surface area contributed by atoms with Crippen LogP contribution in [-0.2, 0) is 4.79 Å². The van der Waals surface area contributed by atoms with Gasteiger partial charge in [0.2, 0.25) is 5.91 Å². The highest BCUT2D eigenvalue weighted by Crippen LogP contribution is 2.42. The van der Waals surface area contributed by atoms with E-state index in [1.807, 2.05) is 24.3 Å². The Morgan fingerprint density at radius 3 is 2.13 bits per heavy atom. The number of likely N-dealkylation sites (tertiary alicyclic amines) is 1. The fourth-order valence-electron chi connectivity index (χ4n) is 4.27. The summed E-state index contributed by atoms with van der Waals surface area (Å²) < 4.78 is 0. The highest BCUT2D eigenvalue weighted by atomic mass is 35.5. The molecule has 0 saturated carbocycles. The van der Waals surface area contributed by atoms with Crippen LogP contribution in [-0.4, -0.2) is 47.1 Å². The molecule has 1 aliphatic rings. The second kappa shape index (κ2) is 9.60. The highest BCUT2D eigenvalue weighted by Gasteiger charge is 2.40. The van der Waals surface area contributed by atoms with Gasteiger partial charge in [-0.05, 0) is 66.6 Å². The van der Waals surface area contributed by atoms with Crippen LogP contribution in [0, 0.1) is 5.41 Å². The third kappa shape index (κ3) is 5.59. The van der Waals surface area contributed by atoms with Crippen LogP contribution in [0.15, 0.2) is 48.5 Å². The fraction of sp³-hybridized carbons (Fsp3) is 0.417. The van der Waals surface area contributed by atoms with E-state index in [9.17, 15) is 14.7 Å². The topological polar surface area (TPSA) is 69.6 Å². The van der Waals surface area contributed by atoms with Crippen LogP contribution in [0.1, 0.15) is 49.0 Å². The highest BCUT2D eigenvalue weighted by molar-refractivity contribution is 6.30. The lowest BCUT2D eigenvalue weighted by Gasteiger charge is -2.45. The SMILES string of the molecule is CC(O)[C@@H](NC(=O)c1ccc(Cl)cc1)C(=O)N1CCC(c2ccc(Cl)cc2)C(C)(C)C1. The lowest BCUT2D eigenvalue weighted by atomic mass is 9.70. The minimum atomic E-state index is -1.03. The number of hydrogen-bond donors (Lipinski definition) is 2. The summed E-state index contributed by atoms with van der Waals surface area (Å²) in [5, 5.41) is 14.1. The molecular weight excluding hydrogens is 435 g/mol. The van der Waals surface area contributed by atoms with Gasteiger partial charge in [0.15, 0.2) is 0 Å². The molecule has 1 aliphatic heterocycles. The van der Waals surface area contributed by atoms with Crippen molar-refractivity contribution in [1.29, 1.82) is 0 Å². The fourth-order valence-corrected chi connectivity index (χ4v) is 4.52. The molecule has 7 heteroatoms. The average Bonchev–Trinajstić information content (AvgIpc) is 2.72. The van der Waals surface area contributed by atoms with Crippen molar-refractivity contribution < 1.29 is 14.7 Å². The summed E-state index contributed by atoms with van der Waals surface area (Å²) in [5.74, 6) is -0.423. The predicted molar refractivity (Wildman–Crippen MR) is 124 cm³/mol. The van der Waals surface area contributed by atoms with Crippen molar-refractivity contribution in [3.8, 4) is 0 Å². The van der Waals surface area contributed by atoms with E-state index in [2.05, 4.69) is 19.2 Å². The van der Waals surface area contributed by atoms with E-state index in [4.69, 9.17) is 23.2 Å². The average molecular weight is 463 g/mol. The summed E-state index contributed by atoms with van der Waals surface area (Å²) >= 11 is 11.9. The molecule has 5 nitrogen and oxygen atoms in total. The molecule has 0 aliphatic carbocycles. The third-order valence-electron chi connectivity index (χ3n) is 5.95. The molecule has 31 heavy (non-hydrogen) atoms. The zero-order valence-electron chi connectivity index (χ0n) is 17.9. The summed E-state index contributed by atoms with van der Waals surface area (Å²) in [4.78, 5) is 27.6. The molecule has 1 fully saturated rings. The molecule has 2 aromatic carbocycles. The van der Waals surface area contributed by atoms with Crippen LogP contribution in [0.4, 0.5) is 0 Å². The lowest BCUT2D eigenvalue weighted by molar-refractivity contribution is -0.139. The van der Waals surface area contributed by atoms with Crippen molar-refractivity contribution in [2.45, 2.75) is 45.3 Å². The van der Waals surface area contributed by atoms with Crippen LogP contribution in [0.5, 0.6) is 0 Å². The van der Waals surface area contributed by atoms with E-state index >= 15 is 0 Å². The number of amides is 2. The number of benzene rings is 2.